The van der Waals surface area contributed by atoms with Gasteiger partial charge in [-0.2, -0.15) is 0 Å². The first-order chi connectivity index (χ1) is 3.19. The molecular weight excluding hydrogens is 152 g/mol. The maximum atomic E-state index is 5.18. The average Bonchev–Trinajstić information content (AvgIpc) is 2.18. The van der Waals surface area contributed by atoms with E-state index in [9.17, 15) is 0 Å². The standard InChI is InChI=1S/C6H7Br/c1-3-6(2)4-5(6)7/h1,5H,4H2,2H3. The lowest BCUT2D eigenvalue weighted by atomic mass is 10.2. The van der Waals surface area contributed by atoms with Gasteiger partial charge in [-0.3, -0.25) is 0 Å². The summed E-state index contributed by atoms with van der Waals surface area (Å²) >= 11 is 3.42. The quantitative estimate of drug-likeness (QED) is 0.373. The number of hydrogen-bond donors (Lipinski definition) is 0. The highest BCUT2D eigenvalue weighted by Crippen LogP contribution is 2.50. The van der Waals surface area contributed by atoms with Gasteiger partial charge in [0.05, 0.1) is 0 Å². The Morgan fingerprint density at radius 2 is 2.43 bits per heavy atom. The van der Waals surface area contributed by atoms with Crippen LogP contribution in [0.2, 0.25) is 0 Å². The van der Waals surface area contributed by atoms with E-state index in [0.717, 1.165) is 6.42 Å². The first kappa shape index (κ1) is 5.18. The molecule has 0 aromatic heterocycles. The molecule has 0 saturated heterocycles. The van der Waals surface area contributed by atoms with Crippen molar-refractivity contribution in [1.29, 1.82) is 0 Å². The topological polar surface area (TPSA) is 0 Å². The second-order valence-corrected chi connectivity index (χ2v) is 3.34. The lowest BCUT2D eigenvalue weighted by Gasteiger charge is -1.90. The molecule has 0 aromatic rings. The van der Waals surface area contributed by atoms with Crippen molar-refractivity contribution in [3.8, 4) is 12.3 Å². The molecule has 1 aliphatic carbocycles. The summed E-state index contributed by atoms with van der Waals surface area (Å²) in [5, 5.41) is 0. The molecule has 1 fully saturated rings. The fourth-order valence-corrected chi connectivity index (χ4v) is 1.27. The number of hydrogen-bond acceptors (Lipinski definition) is 0. The molecule has 0 radical (unpaired) electrons. The van der Waals surface area contributed by atoms with E-state index in [1.165, 1.54) is 0 Å². The first-order valence-electron chi connectivity index (χ1n) is 2.31. The van der Waals surface area contributed by atoms with Crippen LogP contribution in [0.1, 0.15) is 13.3 Å². The van der Waals surface area contributed by atoms with Gasteiger partial charge in [-0.1, -0.05) is 21.9 Å². The highest BCUT2D eigenvalue weighted by atomic mass is 79.9. The molecular formula is C6H7Br. The largest absolute Gasteiger partial charge is 0.119 e. The molecule has 1 aliphatic rings. The van der Waals surface area contributed by atoms with E-state index in [-0.39, 0.29) is 5.41 Å². The Hall–Kier alpha value is 0.0400. The van der Waals surface area contributed by atoms with Crippen LogP contribution in [-0.2, 0) is 0 Å². The molecule has 0 heterocycles. The molecule has 0 aliphatic heterocycles. The normalized spacial score (nSPS) is 47.9. The Morgan fingerprint density at radius 1 is 2.00 bits per heavy atom. The molecule has 38 valence electrons. The summed E-state index contributed by atoms with van der Waals surface area (Å²) in [7, 11) is 0. The molecule has 2 unspecified atom stereocenters. The monoisotopic (exact) mass is 158 g/mol. The highest BCUT2D eigenvalue weighted by Gasteiger charge is 2.46. The van der Waals surface area contributed by atoms with Crippen LogP contribution in [0, 0.1) is 17.8 Å². The fraction of sp³-hybridized carbons (Fsp3) is 0.667. The van der Waals surface area contributed by atoms with Gasteiger partial charge in [0.15, 0.2) is 0 Å². The van der Waals surface area contributed by atoms with Crippen LogP contribution in [0.4, 0.5) is 0 Å². The maximum absolute atomic E-state index is 5.18. The van der Waals surface area contributed by atoms with Gasteiger partial charge in [-0.25, -0.2) is 0 Å². The van der Waals surface area contributed by atoms with Crippen molar-refractivity contribution < 1.29 is 0 Å². The van der Waals surface area contributed by atoms with Crippen molar-refractivity contribution in [2.45, 2.75) is 18.2 Å². The molecule has 0 bridgehead atoms. The van der Waals surface area contributed by atoms with Crippen LogP contribution in [0.5, 0.6) is 0 Å². The summed E-state index contributed by atoms with van der Waals surface area (Å²) in [4.78, 5) is 0.588. The van der Waals surface area contributed by atoms with Crippen molar-refractivity contribution >= 4 is 15.9 Å². The zero-order valence-electron chi connectivity index (χ0n) is 4.24. The van der Waals surface area contributed by atoms with Gasteiger partial charge in [-0.05, 0) is 13.3 Å². The predicted molar refractivity (Wildman–Crippen MR) is 34.3 cm³/mol. The van der Waals surface area contributed by atoms with Gasteiger partial charge < -0.3 is 0 Å². The SMILES string of the molecule is C#CC1(C)CC1Br. The molecule has 0 aromatic carbocycles. The molecule has 0 N–H and O–H groups in total. The zero-order chi connectivity index (χ0) is 5.49. The van der Waals surface area contributed by atoms with E-state index in [1.807, 2.05) is 0 Å². The minimum atomic E-state index is 0.194. The minimum Gasteiger partial charge on any atom is -0.119 e. The molecule has 1 rings (SSSR count). The van der Waals surface area contributed by atoms with Gasteiger partial charge in [0.2, 0.25) is 0 Å². The van der Waals surface area contributed by atoms with E-state index >= 15 is 0 Å². The van der Waals surface area contributed by atoms with E-state index < -0.39 is 0 Å². The van der Waals surface area contributed by atoms with Crippen molar-refractivity contribution in [1.82, 2.24) is 0 Å². The second kappa shape index (κ2) is 1.26. The van der Waals surface area contributed by atoms with Gasteiger partial charge in [0.1, 0.15) is 0 Å². The Morgan fingerprint density at radius 3 is 2.43 bits per heavy atom. The predicted octanol–water partition coefficient (Wildman–Crippen LogP) is 1.79. The molecule has 7 heavy (non-hydrogen) atoms. The summed E-state index contributed by atoms with van der Waals surface area (Å²) in [6.07, 6.45) is 6.32. The Kier molecular flexibility index (Phi) is 0.932. The number of halogens is 1. The van der Waals surface area contributed by atoms with Crippen LogP contribution >= 0.6 is 15.9 Å². The van der Waals surface area contributed by atoms with Crippen LogP contribution in [-0.4, -0.2) is 4.83 Å². The van der Waals surface area contributed by atoms with Gasteiger partial charge in [0.25, 0.3) is 0 Å². The Labute approximate surface area is 52.4 Å². The van der Waals surface area contributed by atoms with Gasteiger partial charge >= 0.3 is 0 Å². The molecule has 0 amide bonds. The lowest BCUT2D eigenvalue weighted by molar-refractivity contribution is 0.791. The van der Waals surface area contributed by atoms with Crippen LogP contribution < -0.4 is 0 Å². The molecule has 1 heteroatoms. The van der Waals surface area contributed by atoms with Crippen LogP contribution in [0.15, 0.2) is 0 Å². The minimum absolute atomic E-state index is 0.194. The lowest BCUT2D eigenvalue weighted by Crippen LogP contribution is -1.88. The summed E-state index contributed by atoms with van der Waals surface area (Å²) in [6.45, 7) is 2.09. The average molecular weight is 159 g/mol. The van der Waals surface area contributed by atoms with E-state index in [1.54, 1.807) is 0 Å². The second-order valence-electron chi connectivity index (χ2n) is 2.23. The third-order valence-corrected chi connectivity index (χ3v) is 2.80. The van der Waals surface area contributed by atoms with Crippen molar-refractivity contribution in [2.24, 2.45) is 5.41 Å². The number of terminal acetylenes is 1. The summed E-state index contributed by atoms with van der Waals surface area (Å²) in [5.41, 5.74) is 0.194. The highest BCUT2D eigenvalue weighted by molar-refractivity contribution is 9.09. The Bertz CT molecular complexity index is 123. The smallest absolute Gasteiger partial charge is 0.0420 e. The summed E-state index contributed by atoms with van der Waals surface area (Å²) in [6, 6.07) is 0. The molecule has 0 spiro atoms. The van der Waals surface area contributed by atoms with Gasteiger partial charge in [0, 0.05) is 10.2 Å². The van der Waals surface area contributed by atoms with Crippen molar-refractivity contribution in [2.75, 3.05) is 0 Å². The van der Waals surface area contributed by atoms with E-state index in [4.69, 9.17) is 6.42 Å². The summed E-state index contributed by atoms with van der Waals surface area (Å²) in [5.74, 6) is 2.72. The van der Waals surface area contributed by atoms with Crippen LogP contribution in [0.3, 0.4) is 0 Å². The number of rotatable bonds is 0. The fourth-order valence-electron chi connectivity index (χ4n) is 0.463. The number of alkyl halides is 1. The summed E-state index contributed by atoms with van der Waals surface area (Å²) < 4.78 is 0. The maximum Gasteiger partial charge on any atom is 0.0420 e. The van der Waals surface area contributed by atoms with Crippen molar-refractivity contribution in [3.05, 3.63) is 0 Å². The third kappa shape index (κ3) is 0.680. The zero-order valence-corrected chi connectivity index (χ0v) is 5.83. The molecule has 0 nitrogen and oxygen atoms in total. The molecule has 1 saturated carbocycles. The molecule has 2 atom stereocenters. The van der Waals surface area contributed by atoms with Crippen molar-refractivity contribution in [3.63, 3.8) is 0 Å². The van der Waals surface area contributed by atoms with E-state index in [2.05, 4.69) is 28.8 Å². The third-order valence-electron chi connectivity index (χ3n) is 1.46. The van der Waals surface area contributed by atoms with Crippen LogP contribution in [0.25, 0.3) is 0 Å². The Balaban J connectivity index is 2.57. The van der Waals surface area contributed by atoms with Gasteiger partial charge in [-0.15, -0.1) is 6.42 Å². The first-order valence-corrected chi connectivity index (χ1v) is 3.22. The van der Waals surface area contributed by atoms with E-state index in [0.29, 0.717) is 4.83 Å².